The molecule has 0 saturated carbocycles. The molecule has 1 heterocycles. The average molecular weight is 132 g/mol. The van der Waals surface area contributed by atoms with Gasteiger partial charge >= 0.3 is 0 Å². The van der Waals surface area contributed by atoms with Gasteiger partial charge in [0.2, 0.25) is 0 Å². The van der Waals surface area contributed by atoms with Crippen LogP contribution in [0.25, 0.3) is 0 Å². The molecule has 0 aromatic heterocycles. The first kappa shape index (κ1) is 11.7. The molecule has 0 N–H and O–H groups in total. The second-order valence-corrected chi connectivity index (χ2v) is 2.70. The monoisotopic (exact) mass is 132 g/mol. The summed E-state index contributed by atoms with van der Waals surface area (Å²) in [5.41, 5.74) is 0. The first-order valence-corrected chi connectivity index (χ1v) is 3.31. The molecule has 0 amide bonds. The van der Waals surface area contributed by atoms with Gasteiger partial charge in [0.25, 0.3) is 0 Å². The lowest BCUT2D eigenvalue weighted by Gasteiger charge is -2.09. The van der Waals surface area contributed by atoms with Crippen LogP contribution in [0.15, 0.2) is 0 Å². The average Bonchev–Trinajstić information content (AvgIpc) is 1.19. The smallest absolute Gasteiger partial charge is 0.0488 e. The van der Waals surface area contributed by atoms with Gasteiger partial charge in [0.05, 0.1) is 0 Å². The van der Waals surface area contributed by atoms with Crippen LogP contribution in [0.4, 0.5) is 0 Å². The minimum Gasteiger partial charge on any atom is -0.381 e. The van der Waals surface area contributed by atoms with Crippen LogP contribution >= 0.6 is 0 Å². The van der Waals surface area contributed by atoms with Crippen LogP contribution in [0.1, 0.15) is 34.6 Å². The van der Waals surface area contributed by atoms with E-state index in [1.54, 1.807) is 0 Å². The molecule has 58 valence electrons. The van der Waals surface area contributed by atoms with Crippen LogP contribution in [0.3, 0.4) is 0 Å². The standard InChI is InChI=1S/C4H10.C3H6O.CH4/c1-4(2)3;1-2-4-3-1;/h4H,1-3H3;1-3H2;1H4. The summed E-state index contributed by atoms with van der Waals surface area (Å²) < 4.78 is 4.72. The van der Waals surface area contributed by atoms with E-state index in [0.717, 1.165) is 19.1 Å². The molecular weight excluding hydrogens is 112 g/mol. The summed E-state index contributed by atoms with van der Waals surface area (Å²) in [6, 6.07) is 0. The third kappa shape index (κ3) is 18.0. The van der Waals surface area contributed by atoms with E-state index in [2.05, 4.69) is 20.8 Å². The van der Waals surface area contributed by atoms with Gasteiger partial charge in [0, 0.05) is 13.2 Å². The fourth-order valence-electron chi connectivity index (χ4n) is 0.144. The predicted octanol–water partition coefficient (Wildman–Crippen LogP) is 2.71. The van der Waals surface area contributed by atoms with Crippen LogP contribution in [0.2, 0.25) is 0 Å². The molecule has 1 aliphatic heterocycles. The van der Waals surface area contributed by atoms with E-state index in [4.69, 9.17) is 4.74 Å². The lowest BCUT2D eigenvalue weighted by atomic mass is 10.3. The number of hydrogen-bond acceptors (Lipinski definition) is 1. The number of hydrogen-bond donors (Lipinski definition) is 0. The summed E-state index contributed by atoms with van der Waals surface area (Å²) in [6.07, 6.45) is 1.28. The highest BCUT2D eigenvalue weighted by molar-refractivity contribution is 4.41. The van der Waals surface area contributed by atoms with E-state index >= 15 is 0 Å². The molecule has 0 bridgehead atoms. The molecule has 1 saturated heterocycles. The summed E-state index contributed by atoms with van der Waals surface area (Å²) in [4.78, 5) is 0. The molecule has 0 aromatic rings. The second-order valence-electron chi connectivity index (χ2n) is 2.70. The summed E-state index contributed by atoms with van der Waals surface area (Å²) in [5, 5.41) is 0. The quantitative estimate of drug-likeness (QED) is 0.492. The zero-order chi connectivity index (χ0) is 6.41. The first-order chi connectivity index (χ1) is 3.73. The van der Waals surface area contributed by atoms with E-state index in [9.17, 15) is 0 Å². The van der Waals surface area contributed by atoms with Gasteiger partial charge in [-0.2, -0.15) is 0 Å². The highest BCUT2D eigenvalue weighted by atomic mass is 16.5. The van der Waals surface area contributed by atoms with Crippen molar-refractivity contribution in [3.05, 3.63) is 0 Å². The van der Waals surface area contributed by atoms with E-state index in [-0.39, 0.29) is 7.43 Å². The van der Waals surface area contributed by atoms with Crippen LogP contribution in [0.5, 0.6) is 0 Å². The Morgan fingerprint density at radius 1 is 1.11 bits per heavy atom. The third-order valence-corrected chi connectivity index (χ3v) is 0.577. The molecule has 1 fully saturated rings. The highest BCUT2D eigenvalue weighted by Gasteiger charge is 1.94. The lowest BCUT2D eigenvalue weighted by molar-refractivity contribution is 0.0367. The molecule has 0 spiro atoms. The van der Waals surface area contributed by atoms with E-state index in [1.165, 1.54) is 6.42 Å². The van der Waals surface area contributed by atoms with Crippen molar-refractivity contribution < 1.29 is 4.74 Å². The van der Waals surface area contributed by atoms with Crippen molar-refractivity contribution in [2.24, 2.45) is 5.92 Å². The molecule has 0 unspecified atom stereocenters. The van der Waals surface area contributed by atoms with Gasteiger partial charge in [0.15, 0.2) is 0 Å². The maximum atomic E-state index is 4.72. The van der Waals surface area contributed by atoms with Crippen LogP contribution in [-0.2, 0) is 4.74 Å². The fourth-order valence-corrected chi connectivity index (χ4v) is 0.144. The van der Waals surface area contributed by atoms with Crippen molar-refractivity contribution in [2.45, 2.75) is 34.6 Å². The Morgan fingerprint density at radius 2 is 1.22 bits per heavy atom. The van der Waals surface area contributed by atoms with E-state index < -0.39 is 0 Å². The highest BCUT2D eigenvalue weighted by Crippen LogP contribution is 1.93. The van der Waals surface area contributed by atoms with Crippen molar-refractivity contribution in [3.63, 3.8) is 0 Å². The SMILES string of the molecule is C.C1COC1.CC(C)C. The summed E-state index contributed by atoms with van der Waals surface area (Å²) in [6.45, 7) is 8.50. The topological polar surface area (TPSA) is 9.23 Å². The molecule has 9 heavy (non-hydrogen) atoms. The molecule has 1 rings (SSSR count). The number of ether oxygens (including phenoxy) is 1. The lowest BCUT2D eigenvalue weighted by Crippen LogP contribution is -2.09. The van der Waals surface area contributed by atoms with E-state index in [0.29, 0.717) is 0 Å². The van der Waals surface area contributed by atoms with Crippen molar-refractivity contribution in [1.29, 1.82) is 0 Å². The molecule has 1 aliphatic rings. The van der Waals surface area contributed by atoms with E-state index in [1.807, 2.05) is 0 Å². The Bertz CT molecular complexity index is 31.1. The zero-order valence-corrected chi connectivity index (χ0v) is 6.11. The predicted molar refractivity (Wildman–Crippen MR) is 42.7 cm³/mol. The largest absolute Gasteiger partial charge is 0.381 e. The minimum atomic E-state index is 0. The Kier molecular flexibility index (Phi) is 10.4. The van der Waals surface area contributed by atoms with Gasteiger partial charge < -0.3 is 4.74 Å². The Balaban J connectivity index is 0. The van der Waals surface area contributed by atoms with Crippen LogP contribution < -0.4 is 0 Å². The van der Waals surface area contributed by atoms with Gasteiger partial charge in [-0.25, -0.2) is 0 Å². The molecule has 0 radical (unpaired) electrons. The fraction of sp³-hybridized carbons (Fsp3) is 1.00. The van der Waals surface area contributed by atoms with Gasteiger partial charge in [-0.05, 0) is 12.3 Å². The Labute approximate surface area is 59.4 Å². The molecule has 1 heteroatoms. The van der Waals surface area contributed by atoms with Crippen LogP contribution in [0, 0.1) is 5.92 Å². The first-order valence-electron chi connectivity index (χ1n) is 3.31. The molecule has 0 aliphatic carbocycles. The van der Waals surface area contributed by atoms with Crippen molar-refractivity contribution in [3.8, 4) is 0 Å². The van der Waals surface area contributed by atoms with Crippen molar-refractivity contribution in [2.75, 3.05) is 13.2 Å². The van der Waals surface area contributed by atoms with Gasteiger partial charge in [-0.3, -0.25) is 0 Å². The van der Waals surface area contributed by atoms with Crippen molar-refractivity contribution >= 4 is 0 Å². The minimum absolute atomic E-state index is 0. The van der Waals surface area contributed by atoms with Gasteiger partial charge in [-0.1, -0.05) is 28.2 Å². The van der Waals surface area contributed by atoms with Crippen molar-refractivity contribution in [1.82, 2.24) is 0 Å². The summed E-state index contributed by atoms with van der Waals surface area (Å²) >= 11 is 0. The second kappa shape index (κ2) is 7.96. The summed E-state index contributed by atoms with van der Waals surface area (Å²) in [7, 11) is 0. The molecule has 0 aromatic carbocycles. The summed E-state index contributed by atoms with van der Waals surface area (Å²) in [5.74, 6) is 0.833. The van der Waals surface area contributed by atoms with Gasteiger partial charge in [0.1, 0.15) is 0 Å². The number of rotatable bonds is 0. The Hall–Kier alpha value is -0.0400. The molecular formula is C8H20O. The normalized spacial score (nSPS) is 14.7. The maximum absolute atomic E-state index is 4.72. The zero-order valence-electron chi connectivity index (χ0n) is 6.11. The Morgan fingerprint density at radius 3 is 1.22 bits per heavy atom. The maximum Gasteiger partial charge on any atom is 0.0488 e. The molecule has 1 nitrogen and oxygen atoms in total. The third-order valence-electron chi connectivity index (χ3n) is 0.577. The molecule has 0 atom stereocenters. The van der Waals surface area contributed by atoms with Crippen LogP contribution in [-0.4, -0.2) is 13.2 Å². The van der Waals surface area contributed by atoms with Gasteiger partial charge in [-0.15, -0.1) is 0 Å².